The topological polar surface area (TPSA) is 40.6 Å². The van der Waals surface area contributed by atoms with Crippen molar-refractivity contribution in [3.63, 3.8) is 0 Å². The number of carbonyl (C=O) groups excluding carboxylic acids is 2. The van der Waals surface area contributed by atoms with Gasteiger partial charge in [0.15, 0.2) is 0 Å². The Morgan fingerprint density at radius 2 is 2.06 bits per heavy atom. The van der Waals surface area contributed by atoms with E-state index in [0.717, 1.165) is 38.6 Å². The molecule has 0 radical (unpaired) electrons. The maximum atomic E-state index is 12.3. The Morgan fingerprint density at radius 1 is 1.33 bits per heavy atom. The maximum absolute atomic E-state index is 12.3. The van der Waals surface area contributed by atoms with Crippen LogP contribution in [0.25, 0.3) is 0 Å². The highest BCUT2D eigenvalue weighted by Gasteiger charge is 2.35. The zero-order valence-electron chi connectivity index (χ0n) is 11.5. The van der Waals surface area contributed by atoms with Gasteiger partial charge in [-0.1, -0.05) is 6.42 Å². The van der Waals surface area contributed by atoms with Crippen molar-refractivity contribution in [2.45, 2.75) is 64.5 Å². The summed E-state index contributed by atoms with van der Waals surface area (Å²) in [5.74, 6) is 0.281. The summed E-state index contributed by atoms with van der Waals surface area (Å²) in [5, 5.41) is 0. The summed E-state index contributed by atoms with van der Waals surface area (Å²) in [6, 6.07) is 0.673. The molecule has 4 nitrogen and oxygen atoms in total. The lowest BCUT2D eigenvalue weighted by Gasteiger charge is -2.30. The van der Waals surface area contributed by atoms with Gasteiger partial charge in [0.1, 0.15) is 0 Å². The quantitative estimate of drug-likeness (QED) is 0.765. The third-order valence-electron chi connectivity index (χ3n) is 3.78. The van der Waals surface area contributed by atoms with Crippen molar-refractivity contribution >= 4 is 11.8 Å². The molecule has 0 N–H and O–H groups in total. The van der Waals surface area contributed by atoms with E-state index in [1.807, 2.05) is 4.90 Å². The van der Waals surface area contributed by atoms with Crippen LogP contribution in [0.3, 0.4) is 0 Å². The van der Waals surface area contributed by atoms with Gasteiger partial charge in [-0.25, -0.2) is 0 Å². The van der Waals surface area contributed by atoms with Crippen LogP contribution in [-0.4, -0.2) is 46.8 Å². The highest BCUT2D eigenvalue weighted by Crippen LogP contribution is 2.28. The molecule has 2 amide bonds. The molecular weight excluding hydrogens is 228 g/mol. The van der Waals surface area contributed by atoms with E-state index in [2.05, 4.69) is 13.8 Å². The van der Waals surface area contributed by atoms with Gasteiger partial charge in [-0.2, -0.15) is 0 Å². The molecule has 0 aromatic carbocycles. The smallest absolute Gasteiger partial charge is 0.242 e. The molecule has 1 saturated heterocycles. The van der Waals surface area contributed by atoms with Gasteiger partial charge in [0, 0.05) is 25.0 Å². The fourth-order valence-electron chi connectivity index (χ4n) is 2.72. The molecule has 0 aromatic rings. The predicted octanol–water partition coefficient (Wildman–Crippen LogP) is 1.79. The number of hydrogen-bond acceptors (Lipinski definition) is 2. The molecule has 0 spiro atoms. The molecule has 0 aromatic heterocycles. The third kappa shape index (κ3) is 3.24. The van der Waals surface area contributed by atoms with E-state index in [0.29, 0.717) is 12.5 Å². The second-order valence-electron chi connectivity index (χ2n) is 5.75. The van der Waals surface area contributed by atoms with Crippen molar-refractivity contribution in [3.8, 4) is 0 Å². The summed E-state index contributed by atoms with van der Waals surface area (Å²) in [4.78, 5) is 27.9. The Labute approximate surface area is 109 Å². The van der Waals surface area contributed by atoms with E-state index in [-0.39, 0.29) is 24.4 Å². The van der Waals surface area contributed by atoms with Crippen LogP contribution in [0.15, 0.2) is 0 Å². The maximum Gasteiger partial charge on any atom is 0.242 e. The second kappa shape index (κ2) is 5.72. The van der Waals surface area contributed by atoms with E-state index in [1.54, 1.807) is 4.90 Å². The number of amides is 2. The van der Waals surface area contributed by atoms with Crippen LogP contribution in [0.1, 0.15) is 52.4 Å². The van der Waals surface area contributed by atoms with Crippen molar-refractivity contribution < 1.29 is 9.59 Å². The van der Waals surface area contributed by atoms with Gasteiger partial charge in [0.05, 0.1) is 6.54 Å². The van der Waals surface area contributed by atoms with Crippen molar-refractivity contribution in [3.05, 3.63) is 0 Å². The highest BCUT2D eigenvalue weighted by molar-refractivity contribution is 5.85. The summed E-state index contributed by atoms with van der Waals surface area (Å²) < 4.78 is 0. The first-order chi connectivity index (χ1) is 8.59. The lowest BCUT2D eigenvalue weighted by molar-refractivity contribution is -0.141. The molecule has 0 unspecified atom stereocenters. The molecule has 1 aliphatic heterocycles. The SMILES string of the molecule is CC(C)N(C(=O)CN1CCCCCC1=O)C1CC1. The molecule has 1 saturated carbocycles. The van der Waals surface area contributed by atoms with Crippen molar-refractivity contribution in [2.75, 3.05) is 13.1 Å². The molecule has 4 heteroatoms. The Hall–Kier alpha value is -1.06. The van der Waals surface area contributed by atoms with Gasteiger partial charge < -0.3 is 9.80 Å². The predicted molar refractivity (Wildman–Crippen MR) is 70.1 cm³/mol. The number of nitrogens with zero attached hydrogens (tertiary/aromatic N) is 2. The summed E-state index contributed by atoms with van der Waals surface area (Å²) in [7, 11) is 0. The first kappa shape index (κ1) is 13.4. The molecule has 1 heterocycles. The molecular formula is C14H24N2O2. The molecule has 2 fully saturated rings. The van der Waals surface area contributed by atoms with Crippen LogP contribution >= 0.6 is 0 Å². The Bertz CT molecular complexity index is 322. The van der Waals surface area contributed by atoms with Crippen LogP contribution in [0.4, 0.5) is 0 Å². The van der Waals surface area contributed by atoms with Crippen LogP contribution in [0, 0.1) is 0 Å². The van der Waals surface area contributed by atoms with Crippen molar-refractivity contribution in [1.29, 1.82) is 0 Å². The first-order valence-corrected chi connectivity index (χ1v) is 7.18. The number of likely N-dealkylation sites (tertiary alicyclic amines) is 1. The molecule has 0 bridgehead atoms. The molecule has 18 heavy (non-hydrogen) atoms. The Balaban J connectivity index is 1.94. The molecule has 102 valence electrons. The fourth-order valence-corrected chi connectivity index (χ4v) is 2.72. The van der Waals surface area contributed by atoms with Gasteiger partial charge in [-0.3, -0.25) is 9.59 Å². The minimum Gasteiger partial charge on any atom is -0.336 e. The molecule has 0 atom stereocenters. The molecule has 2 rings (SSSR count). The van der Waals surface area contributed by atoms with E-state index < -0.39 is 0 Å². The largest absolute Gasteiger partial charge is 0.336 e. The lowest BCUT2D eigenvalue weighted by Crippen LogP contribution is -2.46. The Kier molecular flexibility index (Phi) is 4.25. The highest BCUT2D eigenvalue weighted by atomic mass is 16.2. The lowest BCUT2D eigenvalue weighted by atomic mass is 10.2. The summed E-state index contributed by atoms with van der Waals surface area (Å²) in [6.07, 6.45) is 5.96. The van der Waals surface area contributed by atoms with Gasteiger partial charge in [0.2, 0.25) is 11.8 Å². The van der Waals surface area contributed by atoms with Gasteiger partial charge in [0.25, 0.3) is 0 Å². The van der Waals surface area contributed by atoms with Gasteiger partial charge in [-0.15, -0.1) is 0 Å². The first-order valence-electron chi connectivity index (χ1n) is 7.18. The van der Waals surface area contributed by atoms with E-state index in [4.69, 9.17) is 0 Å². The van der Waals surface area contributed by atoms with Crippen LogP contribution in [0.5, 0.6) is 0 Å². The minimum atomic E-state index is 0.128. The summed E-state index contributed by atoms with van der Waals surface area (Å²) >= 11 is 0. The standard InChI is InChI=1S/C14H24N2O2/c1-11(2)16(12-7-8-12)14(18)10-15-9-5-3-4-6-13(15)17/h11-12H,3-10H2,1-2H3. The summed E-state index contributed by atoms with van der Waals surface area (Å²) in [5.41, 5.74) is 0. The van der Waals surface area contributed by atoms with Crippen LogP contribution in [0.2, 0.25) is 0 Å². The van der Waals surface area contributed by atoms with E-state index in [9.17, 15) is 9.59 Å². The zero-order chi connectivity index (χ0) is 13.1. The number of rotatable bonds is 4. The second-order valence-corrected chi connectivity index (χ2v) is 5.75. The number of carbonyl (C=O) groups is 2. The fraction of sp³-hybridized carbons (Fsp3) is 0.857. The average molecular weight is 252 g/mol. The van der Waals surface area contributed by atoms with Crippen molar-refractivity contribution in [2.24, 2.45) is 0 Å². The van der Waals surface area contributed by atoms with E-state index >= 15 is 0 Å². The number of hydrogen-bond donors (Lipinski definition) is 0. The van der Waals surface area contributed by atoms with Crippen LogP contribution < -0.4 is 0 Å². The Morgan fingerprint density at radius 3 is 2.67 bits per heavy atom. The average Bonchev–Trinajstić information content (AvgIpc) is 3.10. The van der Waals surface area contributed by atoms with Gasteiger partial charge in [-0.05, 0) is 39.5 Å². The zero-order valence-corrected chi connectivity index (χ0v) is 11.5. The van der Waals surface area contributed by atoms with E-state index in [1.165, 1.54) is 0 Å². The van der Waals surface area contributed by atoms with Crippen molar-refractivity contribution in [1.82, 2.24) is 9.80 Å². The monoisotopic (exact) mass is 252 g/mol. The van der Waals surface area contributed by atoms with Gasteiger partial charge >= 0.3 is 0 Å². The normalized spacial score (nSPS) is 21.1. The summed E-state index contributed by atoms with van der Waals surface area (Å²) in [6.45, 7) is 5.15. The molecule has 1 aliphatic carbocycles. The molecule has 2 aliphatic rings. The minimum absolute atomic E-state index is 0.128. The van der Waals surface area contributed by atoms with Crippen LogP contribution in [-0.2, 0) is 9.59 Å². The third-order valence-corrected chi connectivity index (χ3v) is 3.78.